The number of nitrogens with two attached hydrogens (primary N) is 1. The molecule has 2 aliphatic rings. The highest BCUT2D eigenvalue weighted by Crippen LogP contribution is 2.30. The number of aromatic nitrogens is 4. The van der Waals surface area contributed by atoms with E-state index in [-0.39, 0.29) is 35.5 Å². The molecule has 0 unspecified atom stereocenters. The molecule has 0 atom stereocenters. The molecule has 190 valence electrons. The first-order valence-corrected chi connectivity index (χ1v) is 13.6. The fourth-order valence-electron chi connectivity index (χ4n) is 5.03. The van der Waals surface area contributed by atoms with E-state index < -0.39 is 10.0 Å². The van der Waals surface area contributed by atoms with Crippen LogP contribution in [0.2, 0.25) is 0 Å². The second-order valence-electron chi connectivity index (χ2n) is 9.21. The van der Waals surface area contributed by atoms with Crippen molar-refractivity contribution >= 4 is 27.0 Å². The van der Waals surface area contributed by atoms with Crippen LogP contribution in [0, 0.1) is 0 Å². The smallest absolute Gasteiger partial charge is 0.328 e. The molecule has 3 N–H and O–H groups in total. The Labute approximate surface area is 213 Å². The van der Waals surface area contributed by atoms with Crippen LogP contribution in [0.1, 0.15) is 28.7 Å². The Morgan fingerprint density at radius 2 is 1.84 bits per heavy atom. The zero-order valence-electron chi connectivity index (χ0n) is 20.1. The van der Waals surface area contributed by atoms with Gasteiger partial charge in [-0.15, -0.1) is 0 Å². The van der Waals surface area contributed by atoms with Gasteiger partial charge < -0.3 is 15.5 Å². The monoisotopic (exact) mass is 518 g/mol. The lowest BCUT2D eigenvalue weighted by atomic mass is 9.91. The Bertz CT molecular complexity index is 1690. The van der Waals surface area contributed by atoms with Crippen LogP contribution < -0.4 is 16.2 Å². The van der Waals surface area contributed by atoms with Gasteiger partial charge in [0.05, 0.1) is 18.0 Å². The molecule has 11 heteroatoms. The third-order valence-corrected chi connectivity index (χ3v) is 8.68. The summed E-state index contributed by atoms with van der Waals surface area (Å²) >= 11 is 0. The van der Waals surface area contributed by atoms with Crippen molar-refractivity contribution in [2.75, 3.05) is 18.9 Å². The highest BCUT2D eigenvalue weighted by Gasteiger charge is 2.29. The van der Waals surface area contributed by atoms with Crippen molar-refractivity contribution in [1.82, 2.24) is 23.8 Å². The summed E-state index contributed by atoms with van der Waals surface area (Å²) in [5, 5.41) is 0. The highest BCUT2D eigenvalue weighted by atomic mass is 32.2. The number of anilines is 1. The number of imidazole rings is 1. The van der Waals surface area contributed by atoms with Gasteiger partial charge in [0.2, 0.25) is 10.0 Å². The molecule has 2 aromatic heterocycles. The van der Waals surface area contributed by atoms with Crippen molar-refractivity contribution in [1.29, 1.82) is 0 Å². The Hall–Kier alpha value is -3.96. The standard InChI is InChI=1S/C26H26N6O4S/c27-23-22-24-30-25(29-23)36-12-6-2-3-7-18-13-17(15-32(24)26(33)28-22)14-19-16-31(11-10-21(18)19)37(34,35)20-8-4-1-5-9-20/h1-5,8-9,13-14H,6-7,10-12,15-16H2,(H,28,33)(H2,27,29,30)/b3-2-. The molecular formula is C26H26N6O4S. The Morgan fingerprint density at radius 1 is 1.03 bits per heavy atom. The van der Waals surface area contributed by atoms with Gasteiger partial charge in [0.1, 0.15) is 5.52 Å². The number of nitrogens with one attached hydrogen (secondary N) is 1. The number of allylic oxidation sites excluding steroid dienone is 1. The van der Waals surface area contributed by atoms with Crippen LogP contribution in [0.25, 0.3) is 11.2 Å². The average molecular weight is 519 g/mol. The molecular weight excluding hydrogens is 492 g/mol. The van der Waals surface area contributed by atoms with E-state index in [9.17, 15) is 13.2 Å². The molecule has 0 amide bonds. The summed E-state index contributed by atoms with van der Waals surface area (Å²) in [6.45, 7) is 1.30. The summed E-state index contributed by atoms with van der Waals surface area (Å²) < 4.78 is 35.4. The number of hydrogen-bond donors (Lipinski definition) is 2. The predicted octanol–water partition coefficient (Wildman–Crippen LogP) is 2.38. The quantitative estimate of drug-likeness (QED) is 0.389. The zero-order chi connectivity index (χ0) is 25.6. The molecule has 0 spiro atoms. The van der Waals surface area contributed by atoms with Crippen molar-refractivity contribution in [2.24, 2.45) is 0 Å². The van der Waals surface area contributed by atoms with Gasteiger partial charge in [0.15, 0.2) is 11.5 Å². The van der Waals surface area contributed by atoms with Gasteiger partial charge in [-0.25, -0.2) is 13.2 Å². The van der Waals surface area contributed by atoms with Gasteiger partial charge in [0, 0.05) is 13.1 Å². The molecule has 10 nitrogen and oxygen atoms in total. The Balaban J connectivity index is 1.44. The van der Waals surface area contributed by atoms with Crippen LogP contribution >= 0.6 is 0 Å². The first kappa shape index (κ1) is 23.4. The number of benzene rings is 2. The van der Waals surface area contributed by atoms with Gasteiger partial charge in [0.25, 0.3) is 0 Å². The van der Waals surface area contributed by atoms with E-state index in [1.54, 1.807) is 30.3 Å². The summed E-state index contributed by atoms with van der Waals surface area (Å²) in [7, 11) is -3.62. The predicted molar refractivity (Wildman–Crippen MR) is 139 cm³/mol. The minimum absolute atomic E-state index is 0.121. The lowest BCUT2D eigenvalue weighted by molar-refractivity contribution is 0.300. The zero-order valence-corrected chi connectivity index (χ0v) is 20.9. The number of nitrogen functional groups attached to an aromatic ring is 1. The number of sulfonamides is 1. The lowest BCUT2D eigenvalue weighted by Crippen LogP contribution is -2.36. The van der Waals surface area contributed by atoms with Crippen LogP contribution in [-0.4, -0.2) is 45.4 Å². The van der Waals surface area contributed by atoms with Crippen molar-refractivity contribution in [3.8, 4) is 6.01 Å². The first-order chi connectivity index (χ1) is 17.9. The minimum Gasteiger partial charge on any atom is -0.463 e. The fourth-order valence-corrected chi connectivity index (χ4v) is 6.47. The van der Waals surface area contributed by atoms with E-state index >= 15 is 0 Å². The van der Waals surface area contributed by atoms with E-state index in [1.807, 2.05) is 12.1 Å². The first-order valence-electron chi connectivity index (χ1n) is 12.1. The maximum absolute atomic E-state index is 13.3. The molecule has 0 saturated heterocycles. The maximum Gasteiger partial charge on any atom is 0.328 e. The number of fused-ring (bicyclic) bond motifs is 5. The van der Waals surface area contributed by atoms with Gasteiger partial charge in [-0.2, -0.15) is 14.3 Å². The molecule has 0 aliphatic carbocycles. The van der Waals surface area contributed by atoms with E-state index in [0.29, 0.717) is 43.6 Å². The molecule has 0 saturated carbocycles. The van der Waals surface area contributed by atoms with Crippen molar-refractivity contribution in [3.63, 3.8) is 0 Å². The molecule has 2 aliphatic heterocycles. The van der Waals surface area contributed by atoms with E-state index in [2.05, 4.69) is 27.1 Å². The van der Waals surface area contributed by atoms with Crippen LogP contribution in [0.3, 0.4) is 0 Å². The molecule has 2 aromatic carbocycles. The number of rotatable bonds is 2. The summed E-state index contributed by atoms with van der Waals surface area (Å²) in [5.41, 5.74) is 10.6. The molecule has 4 aromatic rings. The van der Waals surface area contributed by atoms with Crippen molar-refractivity contribution in [2.45, 2.75) is 37.2 Å². The second-order valence-corrected chi connectivity index (χ2v) is 11.2. The number of ether oxygens (including phenoxy) is 1. The Kier molecular flexibility index (Phi) is 5.81. The summed E-state index contributed by atoms with van der Waals surface area (Å²) in [5.74, 6) is 0.145. The van der Waals surface area contributed by atoms with Gasteiger partial charge >= 0.3 is 11.7 Å². The number of nitrogens with zero attached hydrogens (tertiary/aromatic N) is 4. The summed E-state index contributed by atoms with van der Waals surface area (Å²) in [6.07, 6.45) is 6.12. The normalized spacial score (nSPS) is 17.2. The number of H-pyrrole nitrogens is 1. The van der Waals surface area contributed by atoms with Crippen molar-refractivity contribution in [3.05, 3.63) is 87.4 Å². The number of aromatic amines is 1. The van der Waals surface area contributed by atoms with Gasteiger partial charge in [-0.1, -0.05) is 42.5 Å². The third kappa shape index (κ3) is 4.30. The molecule has 4 bridgehead atoms. The molecule has 0 fully saturated rings. The molecule has 4 heterocycles. The Morgan fingerprint density at radius 3 is 2.68 bits per heavy atom. The van der Waals surface area contributed by atoms with Crippen LogP contribution in [0.5, 0.6) is 6.01 Å². The average Bonchev–Trinajstić information content (AvgIpc) is 3.21. The summed E-state index contributed by atoms with van der Waals surface area (Å²) in [6, 6.07) is 12.7. The van der Waals surface area contributed by atoms with Crippen LogP contribution in [-0.2, 0) is 36.0 Å². The van der Waals surface area contributed by atoms with Crippen LogP contribution in [0.4, 0.5) is 5.82 Å². The fraction of sp³-hybridized carbons (Fsp3) is 0.269. The molecule has 6 rings (SSSR count). The largest absolute Gasteiger partial charge is 0.463 e. The van der Waals surface area contributed by atoms with E-state index in [4.69, 9.17) is 10.5 Å². The lowest BCUT2D eigenvalue weighted by Gasteiger charge is -2.30. The SMILES string of the molecule is Nc1nc2nc3c1[nH]c(=O)n3Cc1cc(c3c(c1)CN(S(=O)(=O)c1ccccc1)CC3)C/C=C\CCO2. The van der Waals surface area contributed by atoms with E-state index in [1.165, 1.54) is 8.87 Å². The molecule has 37 heavy (non-hydrogen) atoms. The van der Waals surface area contributed by atoms with Crippen LogP contribution in [0.15, 0.2) is 64.3 Å². The molecule has 0 radical (unpaired) electrons. The second kappa shape index (κ2) is 9.16. The van der Waals surface area contributed by atoms with Gasteiger partial charge in [-0.05, 0) is 53.6 Å². The third-order valence-electron chi connectivity index (χ3n) is 6.82. The van der Waals surface area contributed by atoms with Gasteiger partial charge in [-0.3, -0.25) is 4.57 Å². The number of hydrogen-bond acceptors (Lipinski definition) is 7. The topological polar surface area (TPSA) is 136 Å². The maximum atomic E-state index is 13.3. The minimum atomic E-state index is -3.62. The summed E-state index contributed by atoms with van der Waals surface area (Å²) in [4.78, 5) is 24.5. The van der Waals surface area contributed by atoms with E-state index in [0.717, 1.165) is 22.3 Å². The van der Waals surface area contributed by atoms with Crippen molar-refractivity contribution < 1.29 is 13.2 Å². The highest BCUT2D eigenvalue weighted by molar-refractivity contribution is 7.89.